The molecule has 3 aromatic carbocycles. The number of hydrogen-bond acceptors (Lipinski definition) is 4. The van der Waals surface area contributed by atoms with E-state index in [9.17, 15) is 9.59 Å². The number of hydrogen-bond donors (Lipinski definition) is 2. The minimum absolute atomic E-state index is 0.0567. The summed E-state index contributed by atoms with van der Waals surface area (Å²) in [5.74, 6) is -0.0567. The number of benzene rings is 3. The lowest BCUT2D eigenvalue weighted by atomic mass is 9.94. The Labute approximate surface area is 210 Å². The van der Waals surface area contributed by atoms with Gasteiger partial charge in [-0.3, -0.25) is 9.59 Å². The van der Waals surface area contributed by atoms with Crippen molar-refractivity contribution in [2.75, 3.05) is 31.2 Å². The lowest BCUT2D eigenvalue weighted by molar-refractivity contribution is -0.120. The summed E-state index contributed by atoms with van der Waals surface area (Å²) >= 11 is 0. The summed E-state index contributed by atoms with van der Waals surface area (Å²) in [5.41, 5.74) is 6.89. The van der Waals surface area contributed by atoms with E-state index in [0.717, 1.165) is 51.9 Å². The van der Waals surface area contributed by atoms with E-state index in [1.165, 1.54) is 5.56 Å². The number of ether oxygens (including phenoxy) is 1. The van der Waals surface area contributed by atoms with Gasteiger partial charge in [0.05, 0.1) is 25.7 Å². The fourth-order valence-electron chi connectivity index (χ4n) is 4.94. The van der Waals surface area contributed by atoms with E-state index in [1.54, 1.807) is 6.07 Å². The average molecular weight is 482 g/mol. The molecular weight excluding hydrogens is 450 g/mol. The number of amides is 1. The van der Waals surface area contributed by atoms with Crippen LogP contribution >= 0.6 is 0 Å². The molecule has 1 fully saturated rings. The molecule has 0 radical (unpaired) electrons. The third-order valence-electron chi connectivity index (χ3n) is 6.77. The number of H-pyrrole nitrogens is 1. The largest absolute Gasteiger partial charge is 0.378 e. The first-order valence-electron chi connectivity index (χ1n) is 12.4. The van der Waals surface area contributed by atoms with Crippen molar-refractivity contribution in [1.29, 1.82) is 0 Å². The van der Waals surface area contributed by atoms with Crippen molar-refractivity contribution in [3.8, 4) is 0 Å². The first kappa shape index (κ1) is 23.8. The molecule has 1 aliphatic rings. The first-order valence-corrected chi connectivity index (χ1v) is 12.4. The molecule has 0 spiro atoms. The molecule has 1 aliphatic heterocycles. The predicted molar refractivity (Wildman–Crippen MR) is 144 cm³/mol. The molecule has 2 N–H and O–H groups in total. The molecule has 1 amide bonds. The molecule has 1 saturated heterocycles. The van der Waals surface area contributed by atoms with E-state index in [2.05, 4.69) is 52.5 Å². The minimum Gasteiger partial charge on any atom is -0.378 e. The molecule has 1 atom stereocenters. The van der Waals surface area contributed by atoms with Crippen LogP contribution in [0.1, 0.15) is 33.9 Å². The monoisotopic (exact) mass is 481 g/mol. The number of aromatic nitrogens is 1. The molecule has 4 aromatic rings. The topological polar surface area (TPSA) is 74.4 Å². The van der Waals surface area contributed by atoms with Crippen LogP contribution in [0.2, 0.25) is 0 Å². The van der Waals surface area contributed by atoms with Crippen molar-refractivity contribution < 1.29 is 9.53 Å². The summed E-state index contributed by atoms with van der Waals surface area (Å²) < 4.78 is 5.58. The number of aromatic amines is 1. The van der Waals surface area contributed by atoms with Gasteiger partial charge in [-0.15, -0.1) is 0 Å². The van der Waals surface area contributed by atoms with E-state index in [4.69, 9.17) is 4.74 Å². The number of aryl methyl sites for hydroxylation is 2. The number of morpholine rings is 1. The number of rotatable bonds is 6. The fourth-order valence-corrected chi connectivity index (χ4v) is 4.94. The Bertz CT molecular complexity index is 1440. The van der Waals surface area contributed by atoms with E-state index < -0.39 is 0 Å². The third-order valence-corrected chi connectivity index (χ3v) is 6.77. The summed E-state index contributed by atoms with van der Waals surface area (Å²) in [5, 5.41) is 4.27. The van der Waals surface area contributed by atoms with Gasteiger partial charge in [-0.05, 0) is 54.3 Å². The van der Waals surface area contributed by atoms with Crippen molar-refractivity contribution in [3.63, 3.8) is 0 Å². The zero-order valence-corrected chi connectivity index (χ0v) is 20.7. The molecule has 0 bridgehead atoms. The molecule has 184 valence electrons. The smallest absolute Gasteiger partial charge is 0.248 e. The number of carbonyl (C=O) groups excluding carboxylic acids is 1. The van der Waals surface area contributed by atoms with Crippen molar-refractivity contribution in [2.45, 2.75) is 26.3 Å². The van der Waals surface area contributed by atoms with Crippen LogP contribution in [0.5, 0.6) is 0 Å². The number of anilines is 1. The molecule has 1 aromatic heterocycles. The van der Waals surface area contributed by atoms with Crippen molar-refractivity contribution in [1.82, 2.24) is 10.3 Å². The van der Waals surface area contributed by atoms with Crippen molar-refractivity contribution in [2.24, 2.45) is 0 Å². The number of fused-ring (bicyclic) bond motifs is 1. The maximum atomic E-state index is 13.4. The second kappa shape index (κ2) is 10.4. The SMILES string of the molecule is Cc1ccc(C(NC(=O)Cc2ccc3[nH]c(=O)cc(C)c3c2)c2ccccc2)c(N2CCOCC2)c1. The van der Waals surface area contributed by atoms with Crippen LogP contribution in [0.3, 0.4) is 0 Å². The van der Waals surface area contributed by atoms with Crippen LogP contribution in [-0.4, -0.2) is 37.2 Å². The van der Waals surface area contributed by atoms with Crippen molar-refractivity contribution >= 4 is 22.5 Å². The average Bonchev–Trinajstić information content (AvgIpc) is 2.89. The molecular formula is C30H31N3O3. The van der Waals surface area contributed by atoms with Crippen LogP contribution < -0.4 is 15.8 Å². The van der Waals surface area contributed by atoms with Gasteiger partial charge in [-0.25, -0.2) is 0 Å². The highest BCUT2D eigenvalue weighted by atomic mass is 16.5. The number of pyridine rings is 1. The molecule has 36 heavy (non-hydrogen) atoms. The van der Waals surface area contributed by atoms with Crippen LogP contribution in [0.15, 0.2) is 77.6 Å². The zero-order valence-electron chi connectivity index (χ0n) is 20.7. The Morgan fingerprint density at radius 3 is 2.56 bits per heavy atom. The standard InChI is InChI=1S/C30H31N3O3/c1-20-8-10-24(27(16-20)33-12-14-36-15-13-33)30(23-6-4-3-5-7-23)32-29(35)19-22-9-11-26-25(18-22)21(2)17-28(34)31-26/h3-11,16-18,30H,12-15,19H2,1-2H3,(H,31,34)(H,32,35). The molecule has 0 aliphatic carbocycles. The van der Waals surface area contributed by atoms with Gasteiger partial charge in [0.2, 0.25) is 11.5 Å². The quantitative estimate of drug-likeness (QED) is 0.427. The molecule has 1 unspecified atom stereocenters. The van der Waals surface area contributed by atoms with Gasteiger partial charge in [-0.2, -0.15) is 0 Å². The molecule has 6 nitrogen and oxygen atoms in total. The van der Waals surface area contributed by atoms with Gasteiger partial charge in [0, 0.05) is 41.3 Å². The Morgan fingerprint density at radius 1 is 1.00 bits per heavy atom. The highest BCUT2D eigenvalue weighted by Gasteiger charge is 2.24. The lowest BCUT2D eigenvalue weighted by Crippen LogP contribution is -2.38. The predicted octanol–water partition coefficient (Wildman–Crippen LogP) is 4.43. The Morgan fingerprint density at radius 2 is 1.78 bits per heavy atom. The number of carbonyl (C=O) groups is 1. The van der Waals surface area contributed by atoms with Gasteiger partial charge >= 0.3 is 0 Å². The molecule has 0 saturated carbocycles. The highest BCUT2D eigenvalue weighted by Crippen LogP contribution is 2.32. The van der Waals surface area contributed by atoms with Crippen LogP contribution in [-0.2, 0) is 16.0 Å². The summed E-state index contributed by atoms with van der Waals surface area (Å²) in [4.78, 5) is 30.4. The Balaban J connectivity index is 1.46. The van der Waals surface area contributed by atoms with E-state index in [0.29, 0.717) is 13.2 Å². The minimum atomic E-state index is -0.282. The lowest BCUT2D eigenvalue weighted by Gasteiger charge is -2.33. The van der Waals surface area contributed by atoms with E-state index in [1.807, 2.05) is 43.3 Å². The fraction of sp³-hybridized carbons (Fsp3) is 0.267. The molecule has 2 heterocycles. The number of nitrogens with one attached hydrogen (secondary N) is 2. The second-order valence-corrected chi connectivity index (χ2v) is 9.45. The highest BCUT2D eigenvalue weighted by molar-refractivity contribution is 5.85. The van der Waals surface area contributed by atoms with E-state index >= 15 is 0 Å². The van der Waals surface area contributed by atoms with Crippen molar-refractivity contribution in [3.05, 3.63) is 111 Å². The van der Waals surface area contributed by atoms with Gasteiger partial charge in [-0.1, -0.05) is 48.5 Å². The second-order valence-electron chi connectivity index (χ2n) is 9.45. The maximum Gasteiger partial charge on any atom is 0.248 e. The molecule has 5 rings (SSSR count). The molecule has 6 heteroatoms. The zero-order chi connectivity index (χ0) is 25.1. The summed E-state index contributed by atoms with van der Waals surface area (Å²) in [6, 6.07) is 23.6. The van der Waals surface area contributed by atoms with Gasteiger partial charge in [0.15, 0.2) is 0 Å². The van der Waals surface area contributed by atoms with Gasteiger partial charge < -0.3 is 19.9 Å². The summed E-state index contributed by atoms with van der Waals surface area (Å²) in [6.45, 7) is 7.05. The third kappa shape index (κ3) is 5.19. The van der Waals surface area contributed by atoms with Gasteiger partial charge in [0.1, 0.15) is 0 Å². The normalized spacial score (nSPS) is 14.6. The van der Waals surface area contributed by atoms with Crippen LogP contribution in [0, 0.1) is 13.8 Å². The van der Waals surface area contributed by atoms with Gasteiger partial charge in [0.25, 0.3) is 0 Å². The maximum absolute atomic E-state index is 13.4. The van der Waals surface area contributed by atoms with Crippen LogP contribution in [0.25, 0.3) is 10.9 Å². The summed E-state index contributed by atoms with van der Waals surface area (Å²) in [6.07, 6.45) is 0.247. The number of nitrogens with zero attached hydrogens (tertiary/aromatic N) is 1. The Hall–Kier alpha value is -3.90. The Kier molecular flexibility index (Phi) is 6.87. The van der Waals surface area contributed by atoms with Crippen LogP contribution in [0.4, 0.5) is 5.69 Å². The van der Waals surface area contributed by atoms with E-state index in [-0.39, 0.29) is 23.9 Å². The first-order chi connectivity index (χ1) is 17.5. The summed E-state index contributed by atoms with van der Waals surface area (Å²) in [7, 11) is 0.